The van der Waals surface area contributed by atoms with Crippen molar-refractivity contribution < 1.29 is 28.6 Å². The summed E-state index contributed by atoms with van der Waals surface area (Å²) in [7, 11) is 0. The number of aliphatic hydroxyl groups is 1. The topological polar surface area (TPSA) is 80.7 Å². The van der Waals surface area contributed by atoms with E-state index in [4.69, 9.17) is 4.74 Å². The maximum Gasteiger partial charge on any atom is 0.309 e. The summed E-state index contributed by atoms with van der Waals surface area (Å²) in [4.78, 5) is 38.8. The molecule has 0 amide bonds. The van der Waals surface area contributed by atoms with Crippen LogP contribution in [0.15, 0.2) is 42.0 Å². The predicted molar refractivity (Wildman–Crippen MR) is 126 cm³/mol. The number of ketones is 2. The Labute approximate surface area is 200 Å². The Bertz CT molecular complexity index is 1060. The zero-order chi connectivity index (χ0) is 24.9. The van der Waals surface area contributed by atoms with Gasteiger partial charge in [-0.05, 0) is 58.6 Å². The number of benzene rings is 1. The Morgan fingerprint density at radius 3 is 2.21 bits per heavy atom. The molecule has 0 unspecified atom stereocenters. The highest BCUT2D eigenvalue weighted by atomic mass is 19.1. The number of rotatable bonds is 3. The van der Waals surface area contributed by atoms with Crippen LogP contribution < -0.4 is 0 Å². The van der Waals surface area contributed by atoms with Gasteiger partial charge in [0.05, 0.1) is 17.9 Å². The molecule has 6 heteroatoms. The minimum absolute atomic E-state index is 0.0115. The van der Waals surface area contributed by atoms with Crippen LogP contribution in [-0.4, -0.2) is 34.9 Å². The third-order valence-electron chi connectivity index (χ3n) is 7.48. The highest BCUT2D eigenvalue weighted by molar-refractivity contribution is 6.11. The van der Waals surface area contributed by atoms with Gasteiger partial charge in [0.15, 0.2) is 0 Å². The number of ether oxygens (including phenoxy) is 1. The zero-order valence-electron chi connectivity index (χ0n) is 20.3. The summed E-state index contributed by atoms with van der Waals surface area (Å²) in [6, 6.07) is 6.12. The van der Waals surface area contributed by atoms with Crippen molar-refractivity contribution in [2.45, 2.75) is 78.4 Å². The number of esters is 1. The molecule has 182 valence electrons. The van der Waals surface area contributed by atoms with Gasteiger partial charge >= 0.3 is 5.97 Å². The number of Topliss-reactive ketones (excluding diaryl/α,β-unsaturated/α-hetero) is 2. The Morgan fingerprint density at radius 2 is 1.62 bits per heavy atom. The molecule has 1 spiro atoms. The Balaban J connectivity index is 1.80. The third-order valence-corrected chi connectivity index (χ3v) is 7.48. The van der Waals surface area contributed by atoms with Crippen molar-refractivity contribution in [2.24, 2.45) is 16.2 Å². The van der Waals surface area contributed by atoms with Crippen molar-refractivity contribution in [1.29, 1.82) is 0 Å². The van der Waals surface area contributed by atoms with Crippen molar-refractivity contribution in [3.05, 3.63) is 53.4 Å². The number of cyclic esters (lactones) is 1. The number of hydrogen-bond donors (Lipinski definition) is 1. The van der Waals surface area contributed by atoms with Crippen LogP contribution in [0.3, 0.4) is 0 Å². The zero-order valence-corrected chi connectivity index (χ0v) is 20.3. The molecule has 2 fully saturated rings. The number of hydrogen-bond acceptors (Lipinski definition) is 5. The number of carbonyl (C=O) groups is 3. The smallest absolute Gasteiger partial charge is 0.309 e. The van der Waals surface area contributed by atoms with Crippen molar-refractivity contribution >= 4 is 23.1 Å². The molecule has 2 atom stereocenters. The lowest BCUT2D eigenvalue weighted by Gasteiger charge is -2.49. The highest BCUT2D eigenvalue weighted by Crippen LogP contribution is 2.57. The molecule has 3 aliphatic rings. The van der Waals surface area contributed by atoms with Gasteiger partial charge in [-0.15, -0.1) is 0 Å². The maximum atomic E-state index is 13.7. The average Bonchev–Trinajstić information content (AvgIpc) is 2.70. The Morgan fingerprint density at radius 1 is 1.00 bits per heavy atom. The molecule has 1 saturated carbocycles. The number of carbonyl (C=O) groups excluding carboxylic acids is 3. The van der Waals surface area contributed by atoms with E-state index in [1.807, 2.05) is 33.8 Å². The summed E-state index contributed by atoms with van der Waals surface area (Å²) < 4.78 is 19.1. The SMILES string of the molecule is CC1(C)CC(=O)C2(CC(c3ccc(F)cc3)=C(/C=C/[C@H]3C[C@H](O)CC(=O)O3)C(C)(C)C2)C(=O)C1. The molecule has 0 aromatic heterocycles. The molecule has 1 aromatic carbocycles. The van der Waals surface area contributed by atoms with Crippen LogP contribution in [0.1, 0.15) is 71.8 Å². The molecule has 4 rings (SSSR count). The lowest BCUT2D eigenvalue weighted by atomic mass is 9.52. The van der Waals surface area contributed by atoms with Crippen molar-refractivity contribution in [2.75, 3.05) is 0 Å². The lowest BCUT2D eigenvalue weighted by Crippen LogP contribution is -2.51. The van der Waals surface area contributed by atoms with Crippen LogP contribution in [0.5, 0.6) is 0 Å². The quantitative estimate of drug-likeness (QED) is 0.501. The minimum atomic E-state index is -1.09. The molecule has 1 saturated heterocycles. The van der Waals surface area contributed by atoms with E-state index < -0.39 is 29.0 Å². The molecular weight excluding hydrogens is 435 g/mol. The van der Waals surface area contributed by atoms with Crippen LogP contribution in [0.2, 0.25) is 0 Å². The molecule has 34 heavy (non-hydrogen) atoms. The van der Waals surface area contributed by atoms with E-state index in [0.29, 0.717) is 25.7 Å². The fourth-order valence-electron chi connectivity index (χ4n) is 5.90. The second-order valence-electron chi connectivity index (χ2n) is 11.6. The fraction of sp³-hybridized carbons (Fsp3) is 0.536. The van der Waals surface area contributed by atoms with E-state index in [1.165, 1.54) is 12.1 Å². The van der Waals surface area contributed by atoms with Gasteiger partial charge in [-0.3, -0.25) is 14.4 Å². The van der Waals surface area contributed by atoms with Crippen LogP contribution in [0, 0.1) is 22.1 Å². The van der Waals surface area contributed by atoms with E-state index in [-0.39, 0.29) is 35.6 Å². The lowest BCUT2D eigenvalue weighted by molar-refractivity contribution is -0.156. The molecule has 1 heterocycles. The van der Waals surface area contributed by atoms with Crippen molar-refractivity contribution in [1.82, 2.24) is 0 Å². The van der Waals surface area contributed by atoms with E-state index in [1.54, 1.807) is 18.2 Å². The largest absolute Gasteiger partial charge is 0.458 e. The number of aliphatic hydroxyl groups excluding tert-OH is 1. The fourth-order valence-corrected chi connectivity index (χ4v) is 5.90. The van der Waals surface area contributed by atoms with E-state index in [0.717, 1.165) is 16.7 Å². The molecule has 0 radical (unpaired) electrons. The Kier molecular flexibility index (Phi) is 6.17. The first-order valence-electron chi connectivity index (χ1n) is 11.9. The third kappa shape index (κ3) is 4.65. The number of allylic oxidation sites excluding steroid dienone is 3. The van der Waals surface area contributed by atoms with E-state index >= 15 is 0 Å². The maximum absolute atomic E-state index is 13.7. The molecule has 0 bridgehead atoms. The first-order valence-corrected chi connectivity index (χ1v) is 11.9. The summed E-state index contributed by atoms with van der Waals surface area (Å²) in [5.41, 5.74) is 0.535. The number of halogens is 1. The van der Waals surface area contributed by atoms with Gasteiger partial charge in [0.2, 0.25) is 0 Å². The van der Waals surface area contributed by atoms with Crippen LogP contribution >= 0.6 is 0 Å². The predicted octanol–water partition coefficient (Wildman–Crippen LogP) is 4.97. The minimum Gasteiger partial charge on any atom is -0.458 e. The molecule has 2 aliphatic carbocycles. The van der Waals surface area contributed by atoms with Crippen molar-refractivity contribution in [3.8, 4) is 0 Å². The van der Waals surface area contributed by atoms with Gasteiger partial charge in [-0.1, -0.05) is 45.9 Å². The van der Waals surface area contributed by atoms with Crippen molar-refractivity contribution in [3.63, 3.8) is 0 Å². The van der Waals surface area contributed by atoms with Gasteiger partial charge in [-0.25, -0.2) is 4.39 Å². The summed E-state index contributed by atoms with van der Waals surface area (Å²) >= 11 is 0. The molecule has 1 aliphatic heterocycles. The van der Waals surface area contributed by atoms with Crippen LogP contribution in [0.4, 0.5) is 4.39 Å². The highest BCUT2D eigenvalue weighted by Gasteiger charge is 2.56. The first-order chi connectivity index (χ1) is 15.8. The second-order valence-corrected chi connectivity index (χ2v) is 11.6. The average molecular weight is 469 g/mol. The van der Waals surface area contributed by atoms with Crippen LogP contribution in [0.25, 0.3) is 5.57 Å². The van der Waals surface area contributed by atoms with E-state index in [2.05, 4.69) is 0 Å². The van der Waals surface area contributed by atoms with Gasteiger partial charge in [-0.2, -0.15) is 0 Å². The van der Waals surface area contributed by atoms with Gasteiger partial charge in [0.1, 0.15) is 23.5 Å². The standard InChI is InChI=1S/C28H33FO5/c1-26(2)14-23(31)28(24(32)15-26)13-21(17-5-7-18(29)8-6-17)22(27(3,4)16-28)10-9-20-11-19(30)12-25(33)34-20/h5-10,19-20,30H,11-16H2,1-4H3/b10-9+/t19-,20-/m0/s1. The van der Waals surface area contributed by atoms with Gasteiger partial charge in [0, 0.05) is 19.3 Å². The normalized spacial score (nSPS) is 28.5. The molecule has 5 nitrogen and oxygen atoms in total. The first kappa shape index (κ1) is 24.5. The van der Waals surface area contributed by atoms with Crippen LogP contribution in [-0.2, 0) is 19.1 Å². The van der Waals surface area contributed by atoms with Gasteiger partial charge < -0.3 is 9.84 Å². The second kappa shape index (κ2) is 8.56. The summed E-state index contributed by atoms with van der Waals surface area (Å²) in [5, 5.41) is 9.96. The summed E-state index contributed by atoms with van der Waals surface area (Å²) in [6.45, 7) is 7.93. The molecule has 1 aromatic rings. The van der Waals surface area contributed by atoms with Gasteiger partial charge in [0.25, 0.3) is 0 Å². The summed E-state index contributed by atoms with van der Waals surface area (Å²) in [5.74, 6) is -0.840. The summed E-state index contributed by atoms with van der Waals surface area (Å²) in [6.07, 6.45) is 4.04. The van der Waals surface area contributed by atoms with E-state index in [9.17, 15) is 23.9 Å². The molecule has 1 N–H and O–H groups in total. The molecular formula is C28H33FO5. The Hall–Kier alpha value is -2.60. The monoisotopic (exact) mass is 468 g/mol.